The van der Waals surface area contributed by atoms with E-state index in [1.807, 2.05) is 0 Å². The van der Waals surface area contributed by atoms with E-state index in [0.29, 0.717) is 0 Å². The number of rotatable bonds is 3. The molecule has 0 atom stereocenters. The number of amides is 1. The molecule has 2 aromatic rings. The summed E-state index contributed by atoms with van der Waals surface area (Å²) in [4.78, 5) is 11.0. The molecule has 9 heteroatoms. The van der Waals surface area contributed by atoms with Gasteiger partial charge in [0.05, 0.1) is 16.4 Å². The molecule has 2 N–H and O–H groups in total. The molecule has 1 amide bonds. The maximum Gasteiger partial charge on any atom is 0.263 e. The van der Waals surface area contributed by atoms with Gasteiger partial charge >= 0.3 is 0 Å². The summed E-state index contributed by atoms with van der Waals surface area (Å²) in [6, 6.07) is 7.80. The number of anilines is 2. The smallest absolute Gasteiger partial charge is 0.263 e. The van der Waals surface area contributed by atoms with Crippen molar-refractivity contribution in [2.45, 2.75) is 4.90 Å². The van der Waals surface area contributed by atoms with Gasteiger partial charge in [-0.2, -0.15) is 0 Å². The van der Waals surface area contributed by atoms with E-state index in [2.05, 4.69) is 10.0 Å². The van der Waals surface area contributed by atoms with Crippen molar-refractivity contribution in [1.82, 2.24) is 0 Å². The molecule has 2 aromatic carbocycles. The molecule has 0 bridgehead atoms. The number of ether oxygens (including phenoxy) is 1. The fourth-order valence-electron chi connectivity index (χ4n) is 2.03. The molecule has 0 unspecified atom stereocenters. The lowest BCUT2D eigenvalue weighted by Crippen LogP contribution is -2.26. The van der Waals surface area contributed by atoms with Crippen molar-refractivity contribution in [3.8, 4) is 5.75 Å². The Morgan fingerprint density at radius 3 is 2.74 bits per heavy atom. The summed E-state index contributed by atoms with van der Waals surface area (Å²) in [5, 5.41) is 2.39. The standard InChI is InChI=1S/C14H10ClFN2O4S/c15-8-5-11-12(22-7-14(19)17-11)6-13(8)23(20,21)18-10-4-2-1-3-9(10)16/h1-6,18H,7H2,(H,17,19). The lowest BCUT2D eigenvalue weighted by molar-refractivity contribution is -0.118. The van der Waals surface area contributed by atoms with E-state index in [0.717, 1.165) is 6.07 Å². The van der Waals surface area contributed by atoms with E-state index >= 15 is 0 Å². The molecule has 23 heavy (non-hydrogen) atoms. The summed E-state index contributed by atoms with van der Waals surface area (Å²) in [7, 11) is -4.13. The third kappa shape index (κ3) is 3.08. The molecule has 6 nitrogen and oxygen atoms in total. The highest BCUT2D eigenvalue weighted by Crippen LogP contribution is 2.36. The Balaban J connectivity index is 2.00. The number of hydrogen-bond donors (Lipinski definition) is 2. The Morgan fingerprint density at radius 2 is 2.00 bits per heavy atom. The van der Waals surface area contributed by atoms with E-state index in [4.69, 9.17) is 16.3 Å². The predicted octanol–water partition coefficient (Wildman–Crippen LogP) is 2.61. The van der Waals surface area contributed by atoms with Crippen LogP contribution in [0.5, 0.6) is 5.75 Å². The van der Waals surface area contributed by atoms with Crippen molar-refractivity contribution in [2.24, 2.45) is 0 Å². The molecular weight excluding hydrogens is 347 g/mol. The number of para-hydroxylation sites is 1. The molecule has 0 aliphatic carbocycles. The van der Waals surface area contributed by atoms with Gasteiger partial charge in [-0.05, 0) is 18.2 Å². The molecule has 1 heterocycles. The largest absolute Gasteiger partial charge is 0.482 e. The third-order valence-electron chi connectivity index (χ3n) is 3.07. The monoisotopic (exact) mass is 356 g/mol. The molecule has 0 aromatic heterocycles. The Bertz CT molecular complexity index is 902. The minimum Gasteiger partial charge on any atom is -0.482 e. The van der Waals surface area contributed by atoms with Crippen LogP contribution >= 0.6 is 11.6 Å². The second kappa shape index (κ2) is 5.71. The molecule has 0 spiro atoms. The molecule has 3 rings (SSSR count). The first-order chi connectivity index (χ1) is 10.9. The van der Waals surface area contributed by atoms with Crippen molar-refractivity contribution in [3.63, 3.8) is 0 Å². The average Bonchev–Trinajstić information content (AvgIpc) is 2.48. The van der Waals surface area contributed by atoms with Gasteiger partial charge in [-0.1, -0.05) is 23.7 Å². The quantitative estimate of drug-likeness (QED) is 0.885. The van der Waals surface area contributed by atoms with Crippen LogP contribution in [0.15, 0.2) is 41.3 Å². The number of nitrogens with one attached hydrogen (secondary N) is 2. The number of sulfonamides is 1. The lowest BCUT2D eigenvalue weighted by Gasteiger charge is -2.19. The van der Waals surface area contributed by atoms with Crippen LogP contribution in [0.2, 0.25) is 5.02 Å². The van der Waals surface area contributed by atoms with Gasteiger partial charge in [-0.25, -0.2) is 12.8 Å². The van der Waals surface area contributed by atoms with Crippen LogP contribution in [0.4, 0.5) is 15.8 Å². The zero-order valence-corrected chi connectivity index (χ0v) is 13.0. The van der Waals surface area contributed by atoms with Crippen molar-refractivity contribution in [2.75, 3.05) is 16.6 Å². The predicted molar refractivity (Wildman–Crippen MR) is 82.8 cm³/mol. The highest BCUT2D eigenvalue weighted by atomic mass is 35.5. The highest BCUT2D eigenvalue weighted by Gasteiger charge is 2.25. The van der Waals surface area contributed by atoms with E-state index < -0.39 is 15.8 Å². The maximum atomic E-state index is 13.6. The topological polar surface area (TPSA) is 84.5 Å². The highest BCUT2D eigenvalue weighted by molar-refractivity contribution is 7.92. The van der Waals surface area contributed by atoms with Crippen molar-refractivity contribution in [3.05, 3.63) is 47.2 Å². The second-order valence-electron chi connectivity index (χ2n) is 4.70. The van der Waals surface area contributed by atoms with Crippen molar-refractivity contribution >= 4 is 38.9 Å². The lowest BCUT2D eigenvalue weighted by atomic mass is 10.2. The van der Waals surface area contributed by atoms with Gasteiger partial charge < -0.3 is 10.1 Å². The van der Waals surface area contributed by atoms with Crippen molar-refractivity contribution in [1.29, 1.82) is 0 Å². The molecule has 0 radical (unpaired) electrons. The molecular formula is C14H10ClFN2O4S. The van der Waals surface area contributed by atoms with Gasteiger partial charge in [0.2, 0.25) is 0 Å². The minimum absolute atomic E-state index is 0.126. The van der Waals surface area contributed by atoms with Crippen LogP contribution in [-0.2, 0) is 14.8 Å². The Kier molecular flexibility index (Phi) is 3.87. The summed E-state index contributed by atoms with van der Waals surface area (Å²) in [5.41, 5.74) is 0.0756. The molecule has 120 valence electrons. The Morgan fingerprint density at radius 1 is 1.26 bits per heavy atom. The number of halogens is 2. The first-order valence-electron chi connectivity index (χ1n) is 6.40. The van der Waals surface area contributed by atoms with Crippen LogP contribution in [0.1, 0.15) is 0 Å². The van der Waals surface area contributed by atoms with E-state index in [1.54, 1.807) is 0 Å². The first kappa shape index (κ1) is 15.6. The van der Waals surface area contributed by atoms with Crippen LogP contribution in [0.3, 0.4) is 0 Å². The molecule has 1 aliphatic rings. The summed E-state index contributed by atoms with van der Waals surface area (Å²) in [6.45, 7) is -0.227. The molecule has 0 saturated heterocycles. The van der Waals surface area contributed by atoms with Gasteiger partial charge in [0.15, 0.2) is 6.61 Å². The van der Waals surface area contributed by atoms with Crippen molar-refractivity contribution < 1.29 is 22.3 Å². The van der Waals surface area contributed by atoms with Gasteiger partial charge in [0.25, 0.3) is 15.9 Å². The maximum absolute atomic E-state index is 13.6. The summed E-state index contributed by atoms with van der Waals surface area (Å²) in [6.07, 6.45) is 0. The molecule has 0 saturated carbocycles. The summed E-state index contributed by atoms with van der Waals surface area (Å²) >= 11 is 5.98. The van der Waals surface area contributed by atoms with Crippen LogP contribution in [0, 0.1) is 5.82 Å². The van der Waals surface area contributed by atoms with Gasteiger partial charge in [-0.3, -0.25) is 9.52 Å². The van der Waals surface area contributed by atoms with Crippen LogP contribution in [-0.4, -0.2) is 20.9 Å². The van der Waals surface area contributed by atoms with E-state index in [-0.39, 0.29) is 39.6 Å². The van der Waals surface area contributed by atoms with E-state index in [9.17, 15) is 17.6 Å². The Labute approximate surface area is 136 Å². The fraction of sp³-hybridized carbons (Fsp3) is 0.0714. The number of benzene rings is 2. The minimum atomic E-state index is -4.13. The number of carbonyl (C=O) groups excluding carboxylic acids is 1. The van der Waals surface area contributed by atoms with Gasteiger partial charge in [0, 0.05) is 6.07 Å². The van der Waals surface area contributed by atoms with E-state index in [1.165, 1.54) is 30.3 Å². The zero-order valence-electron chi connectivity index (χ0n) is 11.5. The van der Waals surface area contributed by atoms with Gasteiger partial charge in [-0.15, -0.1) is 0 Å². The number of hydrogen-bond acceptors (Lipinski definition) is 4. The normalized spacial score (nSPS) is 13.7. The van der Waals surface area contributed by atoms with Gasteiger partial charge in [0.1, 0.15) is 16.5 Å². The first-order valence-corrected chi connectivity index (χ1v) is 8.26. The summed E-state index contributed by atoms with van der Waals surface area (Å²) in [5.74, 6) is -0.912. The Hall–Kier alpha value is -2.32. The van der Waals surface area contributed by atoms with Crippen LogP contribution < -0.4 is 14.8 Å². The third-order valence-corrected chi connectivity index (χ3v) is 4.90. The SMILES string of the molecule is O=C1COc2cc(S(=O)(=O)Nc3ccccc3F)c(Cl)cc2N1. The van der Waals surface area contributed by atoms with Crippen LogP contribution in [0.25, 0.3) is 0 Å². The summed E-state index contributed by atoms with van der Waals surface area (Å²) < 4.78 is 45.8. The zero-order chi connectivity index (χ0) is 16.6. The number of fused-ring (bicyclic) bond motifs is 1. The molecule has 0 fully saturated rings. The average molecular weight is 357 g/mol. The second-order valence-corrected chi connectivity index (χ2v) is 6.76. The molecule has 1 aliphatic heterocycles. The number of carbonyl (C=O) groups is 1. The fourth-order valence-corrected chi connectivity index (χ4v) is 3.64.